The van der Waals surface area contributed by atoms with Crippen molar-refractivity contribution in [2.75, 3.05) is 7.05 Å². The van der Waals surface area contributed by atoms with Gasteiger partial charge in [0.15, 0.2) is 0 Å². The highest BCUT2D eigenvalue weighted by atomic mass is 16.5. The summed E-state index contributed by atoms with van der Waals surface area (Å²) in [6, 6.07) is 4.53. The molecule has 0 radical (unpaired) electrons. The molecule has 94 valence electrons. The van der Waals surface area contributed by atoms with Crippen molar-refractivity contribution in [3.05, 3.63) is 23.5 Å². The molecule has 17 heavy (non-hydrogen) atoms. The van der Waals surface area contributed by atoms with E-state index < -0.39 is 0 Å². The summed E-state index contributed by atoms with van der Waals surface area (Å²) >= 11 is 0. The number of nitrogens with zero attached hydrogens (tertiary/aromatic N) is 1. The third kappa shape index (κ3) is 3.19. The van der Waals surface area contributed by atoms with Crippen LogP contribution in [-0.4, -0.2) is 24.2 Å². The standard InChI is InChI=1S/C14H22N2O/c1-10-8-12(9-11(2)16-10)17-14-7-5-4-6-13(14)15-3/h8-9,13-15H,4-7H2,1-3H3. The fourth-order valence-corrected chi connectivity index (χ4v) is 2.61. The Morgan fingerprint density at radius 2 is 1.82 bits per heavy atom. The molecule has 0 bridgehead atoms. The van der Waals surface area contributed by atoms with Gasteiger partial charge in [-0.15, -0.1) is 0 Å². The Balaban J connectivity index is 2.08. The zero-order chi connectivity index (χ0) is 12.3. The van der Waals surface area contributed by atoms with Crippen LogP contribution in [0.2, 0.25) is 0 Å². The van der Waals surface area contributed by atoms with Crippen LogP contribution in [-0.2, 0) is 0 Å². The molecule has 2 atom stereocenters. The molecule has 0 aromatic carbocycles. The fourth-order valence-electron chi connectivity index (χ4n) is 2.61. The third-order valence-corrected chi connectivity index (χ3v) is 3.42. The summed E-state index contributed by atoms with van der Waals surface area (Å²) in [4.78, 5) is 4.37. The summed E-state index contributed by atoms with van der Waals surface area (Å²) in [5, 5.41) is 3.36. The van der Waals surface area contributed by atoms with Crippen molar-refractivity contribution in [1.29, 1.82) is 0 Å². The lowest BCUT2D eigenvalue weighted by Gasteiger charge is -2.31. The molecule has 1 aromatic rings. The zero-order valence-electron chi connectivity index (χ0n) is 11.0. The van der Waals surface area contributed by atoms with Crippen molar-refractivity contribution in [3.8, 4) is 5.75 Å². The van der Waals surface area contributed by atoms with Crippen molar-refractivity contribution in [2.45, 2.75) is 51.7 Å². The van der Waals surface area contributed by atoms with Gasteiger partial charge in [-0.3, -0.25) is 4.98 Å². The Kier molecular flexibility index (Phi) is 4.00. The van der Waals surface area contributed by atoms with E-state index in [0.29, 0.717) is 12.1 Å². The van der Waals surface area contributed by atoms with Gasteiger partial charge >= 0.3 is 0 Å². The van der Waals surface area contributed by atoms with E-state index in [9.17, 15) is 0 Å². The molecule has 0 amide bonds. The summed E-state index contributed by atoms with van der Waals surface area (Å²) in [6.45, 7) is 4.02. The van der Waals surface area contributed by atoms with Crippen LogP contribution < -0.4 is 10.1 Å². The van der Waals surface area contributed by atoms with Crippen molar-refractivity contribution in [2.24, 2.45) is 0 Å². The SMILES string of the molecule is CNC1CCCCC1Oc1cc(C)nc(C)c1. The molecule has 1 heterocycles. The summed E-state index contributed by atoms with van der Waals surface area (Å²) < 4.78 is 6.12. The molecule has 0 spiro atoms. The molecular formula is C14H22N2O. The van der Waals surface area contributed by atoms with E-state index in [-0.39, 0.29) is 0 Å². The molecule has 1 aliphatic rings. The average Bonchev–Trinajstić information content (AvgIpc) is 2.28. The quantitative estimate of drug-likeness (QED) is 0.873. The maximum absolute atomic E-state index is 6.12. The summed E-state index contributed by atoms with van der Waals surface area (Å²) in [6.07, 6.45) is 5.23. The van der Waals surface area contributed by atoms with Gasteiger partial charge in [-0.25, -0.2) is 0 Å². The van der Waals surface area contributed by atoms with Gasteiger partial charge in [-0.1, -0.05) is 6.42 Å². The van der Waals surface area contributed by atoms with Crippen LogP contribution in [0, 0.1) is 13.8 Å². The van der Waals surface area contributed by atoms with Crippen molar-refractivity contribution >= 4 is 0 Å². The molecule has 3 heteroatoms. The number of aromatic nitrogens is 1. The minimum Gasteiger partial charge on any atom is -0.489 e. The Morgan fingerprint density at radius 1 is 1.18 bits per heavy atom. The van der Waals surface area contributed by atoms with Crippen LogP contribution in [0.4, 0.5) is 0 Å². The molecule has 1 N–H and O–H groups in total. The van der Waals surface area contributed by atoms with Crippen LogP contribution in [0.5, 0.6) is 5.75 Å². The van der Waals surface area contributed by atoms with Crippen LogP contribution in [0.25, 0.3) is 0 Å². The van der Waals surface area contributed by atoms with E-state index in [2.05, 4.69) is 10.3 Å². The molecule has 1 aliphatic carbocycles. The van der Waals surface area contributed by atoms with Gasteiger partial charge in [-0.2, -0.15) is 0 Å². The van der Waals surface area contributed by atoms with Crippen LogP contribution in [0.3, 0.4) is 0 Å². The lowest BCUT2D eigenvalue weighted by Crippen LogP contribution is -2.43. The van der Waals surface area contributed by atoms with E-state index in [1.54, 1.807) is 0 Å². The van der Waals surface area contributed by atoms with E-state index in [1.807, 2.05) is 33.0 Å². The summed E-state index contributed by atoms with van der Waals surface area (Å²) in [5.74, 6) is 0.960. The summed E-state index contributed by atoms with van der Waals surface area (Å²) in [7, 11) is 2.02. The molecular weight excluding hydrogens is 212 g/mol. The van der Waals surface area contributed by atoms with Crippen LogP contribution in [0.15, 0.2) is 12.1 Å². The first kappa shape index (κ1) is 12.4. The largest absolute Gasteiger partial charge is 0.489 e. The number of likely N-dealkylation sites (N-methyl/N-ethyl adjacent to an activating group) is 1. The number of ether oxygens (including phenoxy) is 1. The molecule has 1 fully saturated rings. The summed E-state index contributed by atoms with van der Waals surface area (Å²) in [5.41, 5.74) is 2.05. The number of nitrogens with one attached hydrogen (secondary N) is 1. The highest BCUT2D eigenvalue weighted by Gasteiger charge is 2.25. The Hall–Kier alpha value is -1.09. The van der Waals surface area contributed by atoms with E-state index in [1.165, 1.54) is 19.3 Å². The topological polar surface area (TPSA) is 34.1 Å². The van der Waals surface area contributed by atoms with Crippen molar-refractivity contribution in [3.63, 3.8) is 0 Å². The van der Waals surface area contributed by atoms with Gasteiger partial charge in [0.25, 0.3) is 0 Å². The van der Waals surface area contributed by atoms with Crippen LogP contribution in [0.1, 0.15) is 37.1 Å². The van der Waals surface area contributed by atoms with Gasteiger partial charge in [0.05, 0.1) is 0 Å². The van der Waals surface area contributed by atoms with Crippen molar-refractivity contribution in [1.82, 2.24) is 10.3 Å². The lowest BCUT2D eigenvalue weighted by atomic mass is 9.92. The van der Waals surface area contributed by atoms with E-state index >= 15 is 0 Å². The second-order valence-corrected chi connectivity index (χ2v) is 4.92. The monoisotopic (exact) mass is 234 g/mol. The highest BCUT2D eigenvalue weighted by molar-refractivity contribution is 5.26. The van der Waals surface area contributed by atoms with Gasteiger partial charge in [0.1, 0.15) is 11.9 Å². The van der Waals surface area contributed by atoms with Crippen LogP contribution >= 0.6 is 0 Å². The molecule has 2 rings (SSSR count). The average molecular weight is 234 g/mol. The highest BCUT2D eigenvalue weighted by Crippen LogP contribution is 2.24. The normalized spacial score (nSPS) is 24.6. The van der Waals surface area contributed by atoms with Gasteiger partial charge in [0, 0.05) is 29.6 Å². The number of rotatable bonds is 3. The Morgan fingerprint density at radius 3 is 2.47 bits per heavy atom. The first-order valence-corrected chi connectivity index (χ1v) is 6.48. The van der Waals surface area contributed by atoms with Gasteiger partial charge in [0.2, 0.25) is 0 Å². The minimum absolute atomic E-state index is 0.301. The molecule has 3 nitrogen and oxygen atoms in total. The van der Waals surface area contributed by atoms with E-state index in [0.717, 1.165) is 23.6 Å². The zero-order valence-corrected chi connectivity index (χ0v) is 11.0. The van der Waals surface area contributed by atoms with Gasteiger partial charge in [-0.05, 0) is 40.2 Å². The predicted molar refractivity (Wildman–Crippen MR) is 69.4 cm³/mol. The van der Waals surface area contributed by atoms with E-state index in [4.69, 9.17) is 4.74 Å². The maximum atomic E-state index is 6.12. The third-order valence-electron chi connectivity index (χ3n) is 3.42. The smallest absolute Gasteiger partial charge is 0.123 e. The maximum Gasteiger partial charge on any atom is 0.123 e. The predicted octanol–water partition coefficient (Wildman–Crippen LogP) is 2.61. The second kappa shape index (κ2) is 5.50. The molecule has 1 saturated carbocycles. The van der Waals surface area contributed by atoms with Crippen molar-refractivity contribution < 1.29 is 4.74 Å². The lowest BCUT2D eigenvalue weighted by molar-refractivity contribution is 0.118. The first-order chi connectivity index (χ1) is 8.19. The molecule has 0 saturated heterocycles. The van der Waals surface area contributed by atoms with Gasteiger partial charge < -0.3 is 10.1 Å². The fraction of sp³-hybridized carbons (Fsp3) is 0.643. The molecule has 1 aromatic heterocycles. The Labute approximate surface area is 104 Å². The molecule has 2 unspecified atom stereocenters. The first-order valence-electron chi connectivity index (χ1n) is 6.48. The minimum atomic E-state index is 0.301. The number of aryl methyl sites for hydroxylation is 2. The number of hydrogen-bond donors (Lipinski definition) is 1. The number of pyridine rings is 1. The second-order valence-electron chi connectivity index (χ2n) is 4.92. The Bertz CT molecular complexity index is 358. The number of hydrogen-bond acceptors (Lipinski definition) is 3. The molecule has 0 aliphatic heterocycles.